The van der Waals surface area contributed by atoms with E-state index >= 15 is 0 Å². The molecular weight excluding hydrogens is 404 g/mol. The number of hydrogen-bond donors (Lipinski definition) is 2. The van der Waals surface area contributed by atoms with Crippen LogP contribution in [0.3, 0.4) is 0 Å². The van der Waals surface area contributed by atoms with Gasteiger partial charge in [-0.1, -0.05) is 41.7 Å². The second-order valence-corrected chi connectivity index (χ2v) is 7.98. The van der Waals surface area contributed by atoms with Crippen molar-refractivity contribution in [3.8, 4) is 10.4 Å². The SMILES string of the molecule is CN1CCN(Cc2cn3cc(-c4ccccc4)sc3n2)CC1.O=C(O)/C=C\C(=O)O. The Hall–Kier alpha value is -3.01. The van der Waals surface area contributed by atoms with E-state index < -0.39 is 11.9 Å². The fourth-order valence-electron chi connectivity index (χ4n) is 3.03. The third-order valence-electron chi connectivity index (χ3n) is 4.61. The summed E-state index contributed by atoms with van der Waals surface area (Å²) in [5.41, 5.74) is 2.44. The standard InChI is InChI=1S/C17H20N4S.C4H4O4/c1-19-7-9-20(10-8-19)11-15-12-21-13-16(22-17(21)18-15)14-5-3-2-4-6-14;5-3(6)1-2-4(7)8/h2-6,12-13H,7-11H2,1H3;1-2H,(H,5,6)(H,7,8)/b;2-1-. The zero-order chi connectivity index (χ0) is 21.5. The molecule has 1 aliphatic heterocycles. The Morgan fingerprint density at radius 3 is 2.23 bits per heavy atom. The van der Waals surface area contributed by atoms with Crippen molar-refractivity contribution in [3.63, 3.8) is 0 Å². The number of fused-ring (bicyclic) bond motifs is 1. The number of aromatic nitrogens is 2. The molecule has 9 heteroatoms. The molecule has 0 atom stereocenters. The van der Waals surface area contributed by atoms with Crippen LogP contribution in [0.15, 0.2) is 54.9 Å². The van der Waals surface area contributed by atoms with Crippen molar-refractivity contribution in [3.05, 3.63) is 60.6 Å². The van der Waals surface area contributed by atoms with E-state index in [4.69, 9.17) is 15.2 Å². The highest BCUT2D eigenvalue weighted by atomic mass is 32.1. The number of hydrogen-bond acceptors (Lipinski definition) is 6. The van der Waals surface area contributed by atoms with Crippen LogP contribution in [-0.2, 0) is 16.1 Å². The van der Waals surface area contributed by atoms with Crippen LogP contribution in [-0.4, -0.2) is 74.6 Å². The molecule has 0 amide bonds. The van der Waals surface area contributed by atoms with Gasteiger partial charge in [0.25, 0.3) is 0 Å². The van der Waals surface area contributed by atoms with Gasteiger partial charge in [-0.2, -0.15) is 0 Å². The van der Waals surface area contributed by atoms with E-state index in [0.29, 0.717) is 12.2 Å². The van der Waals surface area contributed by atoms with E-state index in [9.17, 15) is 9.59 Å². The maximum Gasteiger partial charge on any atom is 0.328 e. The van der Waals surface area contributed by atoms with Crippen molar-refractivity contribution >= 4 is 28.2 Å². The number of aliphatic carboxylic acids is 2. The lowest BCUT2D eigenvalue weighted by atomic mass is 10.2. The molecule has 3 heterocycles. The molecule has 8 nitrogen and oxygen atoms in total. The number of benzene rings is 1. The van der Waals surface area contributed by atoms with Crippen molar-refractivity contribution < 1.29 is 19.8 Å². The number of likely N-dealkylation sites (N-methyl/N-ethyl adjacent to an activating group) is 1. The number of piperazine rings is 1. The van der Waals surface area contributed by atoms with Crippen molar-refractivity contribution in [2.75, 3.05) is 33.2 Å². The average Bonchev–Trinajstić information content (AvgIpc) is 3.28. The second kappa shape index (κ2) is 10.1. The predicted molar refractivity (Wildman–Crippen MR) is 116 cm³/mol. The number of carboxylic acids is 2. The fraction of sp³-hybridized carbons (Fsp3) is 0.286. The summed E-state index contributed by atoms with van der Waals surface area (Å²) in [6.45, 7) is 5.54. The number of nitrogens with zero attached hydrogens (tertiary/aromatic N) is 4. The van der Waals surface area contributed by atoms with E-state index in [2.05, 4.69) is 64.0 Å². The maximum absolute atomic E-state index is 9.55. The first-order valence-corrected chi connectivity index (χ1v) is 10.3. The van der Waals surface area contributed by atoms with Crippen molar-refractivity contribution in [2.24, 2.45) is 0 Å². The summed E-state index contributed by atoms with van der Waals surface area (Å²) in [7, 11) is 2.19. The number of carbonyl (C=O) groups is 2. The quantitative estimate of drug-likeness (QED) is 0.603. The maximum atomic E-state index is 9.55. The lowest BCUT2D eigenvalue weighted by Gasteiger charge is -2.31. The van der Waals surface area contributed by atoms with Gasteiger partial charge in [-0.25, -0.2) is 14.6 Å². The van der Waals surface area contributed by atoms with Gasteiger partial charge >= 0.3 is 11.9 Å². The zero-order valence-electron chi connectivity index (χ0n) is 16.6. The molecule has 4 rings (SSSR count). The van der Waals surface area contributed by atoms with Crippen LogP contribution in [0.5, 0.6) is 0 Å². The summed E-state index contributed by atoms with van der Waals surface area (Å²) >= 11 is 1.76. The molecule has 2 N–H and O–H groups in total. The Kier molecular flexibility index (Phi) is 7.34. The number of imidazole rings is 1. The summed E-state index contributed by atoms with van der Waals surface area (Å²) in [6, 6.07) is 10.5. The highest BCUT2D eigenvalue weighted by Crippen LogP contribution is 2.28. The minimum atomic E-state index is -1.26. The third kappa shape index (κ3) is 6.24. The average molecular weight is 429 g/mol. The molecule has 3 aromatic rings. The van der Waals surface area contributed by atoms with Crippen LogP contribution in [0, 0.1) is 0 Å². The topological polar surface area (TPSA) is 98.4 Å². The summed E-state index contributed by atoms with van der Waals surface area (Å²) in [4.78, 5) is 31.1. The van der Waals surface area contributed by atoms with Crippen LogP contribution < -0.4 is 0 Å². The minimum absolute atomic E-state index is 0.558. The number of thiazole rings is 1. The molecule has 1 aromatic carbocycles. The normalized spacial score (nSPS) is 15.2. The molecule has 30 heavy (non-hydrogen) atoms. The molecular formula is C21H24N4O4S. The molecule has 0 unspecified atom stereocenters. The van der Waals surface area contributed by atoms with Crippen LogP contribution in [0.25, 0.3) is 15.4 Å². The molecule has 0 radical (unpaired) electrons. The highest BCUT2D eigenvalue weighted by Gasteiger charge is 2.16. The number of rotatable bonds is 5. The summed E-state index contributed by atoms with van der Waals surface area (Å²) in [5, 5.41) is 15.6. The molecule has 0 aliphatic carbocycles. The van der Waals surface area contributed by atoms with Gasteiger partial charge in [0.2, 0.25) is 0 Å². The largest absolute Gasteiger partial charge is 0.478 e. The predicted octanol–water partition coefficient (Wildman–Crippen LogP) is 2.52. The first-order chi connectivity index (χ1) is 14.4. The molecule has 0 spiro atoms. The van der Waals surface area contributed by atoms with Gasteiger partial charge in [0.1, 0.15) is 0 Å². The Morgan fingerprint density at radius 2 is 1.67 bits per heavy atom. The van der Waals surface area contributed by atoms with Gasteiger partial charge in [-0.05, 0) is 12.6 Å². The van der Waals surface area contributed by atoms with Gasteiger partial charge in [0, 0.05) is 57.3 Å². The molecule has 0 bridgehead atoms. The Labute approximate surface area is 178 Å². The van der Waals surface area contributed by atoms with E-state index in [1.807, 2.05) is 0 Å². The zero-order valence-corrected chi connectivity index (χ0v) is 17.5. The van der Waals surface area contributed by atoms with E-state index in [-0.39, 0.29) is 0 Å². The van der Waals surface area contributed by atoms with Crippen molar-refractivity contribution in [1.29, 1.82) is 0 Å². The van der Waals surface area contributed by atoms with Crippen LogP contribution >= 0.6 is 11.3 Å². The Morgan fingerprint density at radius 1 is 1.03 bits per heavy atom. The first-order valence-electron chi connectivity index (χ1n) is 9.48. The molecule has 0 saturated carbocycles. The summed E-state index contributed by atoms with van der Waals surface area (Å²) in [5.74, 6) is -2.51. The molecule has 1 saturated heterocycles. The monoisotopic (exact) mass is 428 g/mol. The van der Waals surface area contributed by atoms with Gasteiger partial charge in [-0.3, -0.25) is 9.30 Å². The lowest BCUT2D eigenvalue weighted by molar-refractivity contribution is -0.134. The van der Waals surface area contributed by atoms with Gasteiger partial charge in [0.15, 0.2) is 4.96 Å². The Balaban J connectivity index is 0.000000275. The molecule has 1 fully saturated rings. The van der Waals surface area contributed by atoms with Crippen LogP contribution in [0.2, 0.25) is 0 Å². The van der Waals surface area contributed by atoms with Crippen LogP contribution in [0.4, 0.5) is 0 Å². The Bertz CT molecular complexity index is 973. The highest BCUT2D eigenvalue weighted by molar-refractivity contribution is 7.20. The lowest BCUT2D eigenvalue weighted by Crippen LogP contribution is -2.43. The molecule has 1 aliphatic rings. The van der Waals surface area contributed by atoms with Crippen molar-refractivity contribution in [1.82, 2.24) is 19.2 Å². The van der Waals surface area contributed by atoms with Crippen LogP contribution in [0.1, 0.15) is 5.69 Å². The van der Waals surface area contributed by atoms with Gasteiger partial charge < -0.3 is 15.1 Å². The fourth-order valence-corrected chi connectivity index (χ4v) is 4.02. The number of carboxylic acid groups (broad SMARTS) is 2. The van der Waals surface area contributed by atoms with Gasteiger partial charge in [-0.15, -0.1) is 0 Å². The van der Waals surface area contributed by atoms with E-state index in [0.717, 1.165) is 37.7 Å². The van der Waals surface area contributed by atoms with E-state index in [1.54, 1.807) is 11.3 Å². The molecule has 2 aromatic heterocycles. The first kappa shape index (κ1) is 21.7. The van der Waals surface area contributed by atoms with Crippen molar-refractivity contribution in [2.45, 2.75) is 6.54 Å². The second-order valence-electron chi connectivity index (χ2n) is 6.97. The smallest absolute Gasteiger partial charge is 0.328 e. The summed E-state index contributed by atoms with van der Waals surface area (Å²) < 4.78 is 2.17. The molecule has 158 valence electrons. The van der Waals surface area contributed by atoms with Gasteiger partial charge in [0.05, 0.1) is 10.6 Å². The third-order valence-corrected chi connectivity index (χ3v) is 5.66. The summed E-state index contributed by atoms with van der Waals surface area (Å²) in [6.07, 6.45) is 5.48. The van der Waals surface area contributed by atoms with E-state index in [1.165, 1.54) is 16.1 Å². The minimum Gasteiger partial charge on any atom is -0.478 e.